The van der Waals surface area contributed by atoms with E-state index in [1.54, 1.807) is 0 Å². The van der Waals surface area contributed by atoms with Gasteiger partial charge in [0.05, 0.1) is 10.5 Å². The van der Waals surface area contributed by atoms with Crippen LogP contribution in [0.3, 0.4) is 0 Å². The van der Waals surface area contributed by atoms with Crippen LogP contribution in [0.5, 0.6) is 5.75 Å². The predicted octanol–water partition coefficient (Wildman–Crippen LogP) is 1.81. The van der Waals surface area contributed by atoms with E-state index in [-0.39, 0.29) is 28.3 Å². The molecule has 1 rings (SSSR count). The first-order chi connectivity index (χ1) is 6.45. The molecule has 0 atom stereocenters. The van der Waals surface area contributed by atoms with Gasteiger partial charge in [-0.25, -0.2) is 0 Å². The van der Waals surface area contributed by atoms with E-state index in [9.17, 15) is 20.0 Å². The number of hydrogen-bond donors (Lipinski definition) is 1. The molecule has 0 fully saturated rings. The Morgan fingerprint density at radius 3 is 2.50 bits per heavy atom. The molecule has 14 heavy (non-hydrogen) atoms. The number of benzene rings is 1. The smallest absolute Gasteiger partial charge is 0.273 e. The van der Waals surface area contributed by atoms with E-state index >= 15 is 0 Å². The van der Waals surface area contributed by atoms with Crippen molar-refractivity contribution in [2.75, 3.05) is 0 Å². The van der Waals surface area contributed by atoms with Gasteiger partial charge >= 0.3 is 0 Å². The van der Waals surface area contributed by atoms with Crippen molar-refractivity contribution in [1.29, 1.82) is 0 Å². The minimum absolute atomic E-state index is 0.0131. The second-order valence-corrected chi connectivity index (χ2v) is 2.92. The Balaban J connectivity index is 3.49. The third kappa shape index (κ3) is 1.56. The van der Waals surface area contributed by atoms with E-state index in [2.05, 4.69) is 0 Å². The lowest BCUT2D eigenvalue weighted by atomic mass is 10.0. The third-order valence-corrected chi connectivity index (χ3v) is 1.96. The Hall–Kier alpha value is -1.91. The molecule has 0 spiro atoms. The lowest BCUT2D eigenvalue weighted by Crippen LogP contribution is -2.00. The van der Waals surface area contributed by atoms with Crippen LogP contribution in [0.4, 0.5) is 5.69 Å². The number of nitrogens with zero attached hydrogens (tertiary/aromatic N) is 1. The summed E-state index contributed by atoms with van der Waals surface area (Å²) in [5, 5.41) is 19.8. The van der Waals surface area contributed by atoms with Gasteiger partial charge in [0.25, 0.3) is 5.69 Å². The molecule has 5 nitrogen and oxygen atoms in total. The Bertz CT molecular complexity index is 412. The zero-order chi connectivity index (χ0) is 10.9. The van der Waals surface area contributed by atoms with Gasteiger partial charge in [0, 0.05) is 11.6 Å². The first-order valence-corrected chi connectivity index (χ1v) is 3.93. The second-order valence-electron chi connectivity index (χ2n) is 2.92. The fourth-order valence-electron chi connectivity index (χ4n) is 1.33. The number of hydrogen-bond acceptors (Lipinski definition) is 4. The molecule has 74 valence electrons. The number of phenolic OH excluding ortho intramolecular Hbond substituents is 1. The van der Waals surface area contributed by atoms with E-state index in [1.807, 2.05) is 0 Å². The van der Waals surface area contributed by atoms with Crippen molar-refractivity contribution in [3.63, 3.8) is 0 Å². The van der Waals surface area contributed by atoms with Crippen molar-refractivity contribution in [2.45, 2.75) is 13.8 Å². The molecule has 0 amide bonds. The van der Waals surface area contributed by atoms with Gasteiger partial charge in [-0.3, -0.25) is 14.9 Å². The average Bonchev–Trinajstić information content (AvgIpc) is 2.02. The minimum Gasteiger partial charge on any atom is -0.507 e. The molecule has 0 saturated heterocycles. The molecule has 0 bridgehead atoms. The van der Waals surface area contributed by atoms with Crippen molar-refractivity contribution in [2.24, 2.45) is 0 Å². The van der Waals surface area contributed by atoms with Crippen LogP contribution in [0.15, 0.2) is 12.1 Å². The minimum atomic E-state index is -0.582. The van der Waals surface area contributed by atoms with Gasteiger partial charge < -0.3 is 5.11 Å². The molecule has 0 radical (unpaired) electrons. The number of carbonyl (C=O) groups is 1. The van der Waals surface area contributed by atoms with Crippen LogP contribution in [0.2, 0.25) is 0 Å². The first-order valence-electron chi connectivity index (χ1n) is 3.93. The molecular formula is C9H9NO4. The van der Waals surface area contributed by atoms with Crippen molar-refractivity contribution < 1.29 is 14.8 Å². The second kappa shape index (κ2) is 3.45. The fourth-order valence-corrected chi connectivity index (χ4v) is 1.33. The van der Waals surface area contributed by atoms with Crippen LogP contribution in [0.25, 0.3) is 0 Å². The van der Waals surface area contributed by atoms with Crippen LogP contribution in [0.1, 0.15) is 22.8 Å². The number of carbonyl (C=O) groups excluding carboxylic acids is 1. The van der Waals surface area contributed by atoms with E-state index in [1.165, 1.54) is 19.9 Å². The monoisotopic (exact) mass is 195 g/mol. The van der Waals surface area contributed by atoms with Crippen molar-refractivity contribution in [3.05, 3.63) is 33.4 Å². The molecule has 1 aromatic rings. The molecule has 5 heteroatoms. The number of ketones is 1. The van der Waals surface area contributed by atoms with E-state index in [4.69, 9.17) is 0 Å². The van der Waals surface area contributed by atoms with Gasteiger partial charge in [0.2, 0.25) is 0 Å². The zero-order valence-electron chi connectivity index (χ0n) is 7.77. The van der Waals surface area contributed by atoms with Crippen LogP contribution in [-0.4, -0.2) is 15.8 Å². The van der Waals surface area contributed by atoms with Crippen LogP contribution in [0, 0.1) is 17.0 Å². The summed E-state index contributed by atoms with van der Waals surface area (Å²) in [7, 11) is 0. The molecule has 1 aromatic carbocycles. The van der Waals surface area contributed by atoms with E-state index < -0.39 is 4.92 Å². The van der Waals surface area contributed by atoms with Crippen molar-refractivity contribution in [3.8, 4) is 5.75 Å². The van der Waals surface area contributed by atoms with Gasteiger partial charge in [-0.05, 0) is 19.9 Å². The molecular weight excluding hydrogens is 186 g/mol. The summed E-state index contributed by atoms with van der Waals surface area (Å²) in [4.78, 5) is 21.0. The zero-order valence-corrected chi connectivity index (χ0v) is 7.77. The molecule has 0 aliphatic heterocycles. The molecule has 0 aliphatic rings. The lowest BCUT2D eigenvalue weighted by Gasteiger charge is -2.04. The number of nitro groups is 1. The number of nitro benzene ring substituents is 1. The highest BCUT2D eigenvalue weighted by atomic mass is 16.6. The maximum Gasteiger partial charge on any atom is 0.273 e. The Morgan fingerprint density at radius 2 is 2.07 bits per heavy atom. The van der Waals surface area contributed by atoms with Crippen LogP contribution >= 0.6 is 0 Å². The predicted molar refractivity (Wildman–Crippen MR) is 49.5 cm³/mol. The van der Waals surface area contributed by atoms with Crippen LogP contribution < -0.4 is 0 Å². The molecule has 1 N–H and O–H groups in total. The summed E-state index contributed by atoms with van der Waals surface area (Å²) in [6.45, 7) is 2.69. The largest absolute Gasteiger partial charge is 0.507 e. The van der Waals surface area contributed by atoms with Crippen LogP contribution in [-0.2, 0) is 0 Å². The van der Waals surface area contributed by atoms with Gasteiger partial charge in [-0.2, -0.15) is 0 Å². The highest BCUT2D eigenvalue weighted by Gasteiger charge is 2.19. The number of aromatic hydroxyl groups is 1. The molecule has 0 saturated carbocycles. The van der Waals surface area contributed by atoms with Crippen molar-refractivity contribution >= 4 is 11.5 Å². The summed E-state index contributed by atoms with van der Waals surface area (Å²) < 4.78 is 0. The number of rotatable bonds is 2. The number of Topliss-reactive ketones (excluding diaryl/α,β-unsaturated/α-hetero) is 1. The fraction of sp³-hybridized carbons (Fsp3) is 0.222. The summed E-state index contributed by atoms with van der Waals surface area (Å²) in [6.07, 6.45) is 0. The van der Waals surface area contributed by atoms with Gasteiger partial charge in [0.15, 0.2) is 5.78 Å². The molecule has 0 unspecified atom stereocenters. The number of phenols is 1. The highest BCUT2D eigenvalue weighted by Crippen LogP contribution is 2.28. The summed E-state index contributed by atoms with van der Waals surface area (Å²) in [5.41, 5.74) is 0.0506. The first kappa shape index (κ1) is 10.2. The van der Waals surface area contributed by atoms with Gasteiger partial charge in [-0.15, -0.1) is 0 Å². The Morgan fingerprint density at radius 1 is 1.50 bits per heavy atom. The highest BCUT2D eigenvalue weighted by molar-refractivity contribution is 5.99. The normalized spacial score (nSPS) is 9.86. The van der Waals surface area contributed by atoms with E-state index in [0.29, 0.717) is 0 Å². The lowest BCUT2D eigenvalue weighted by molar-refractivity contribution is -0.385. The summed E-state index contributed by atoms with van der Waals surface area (Å²) in [6, 6.07) is 2.33. The Kier molecular flexibility index (Phi) is 2.51. The third-order valence-electron chi connectivity index (χ3n) is 1.96. The average molecular weight is 195 g/mol. The molecule has 0 heterocycles. The van der Waals surface area contributed by atoms with Gasteiger partial charge in [-0.1, -0.05) is 0 Å². The SMILES string of the molecule is CC(=O)c1c(O)ccc([N+](=O)[O-])c1C. The van der Waals surface area contributed by atoms with Gasteiger partial charge in [0.1, 0.15) is 5.75 Å². The summed E-state index contributed by atoms with van der Waals surface area (Å²) >= 11 is 0. The molecule has 0 aromatic heterocycles. The Labute approximate surface area is 80.1 Å². The topological polar surface area (TPSA) is 80.4 Å². The maximum atomic E-state index is 11.1. The quantitative estimate of drug-likeness (QED) is 0.443. The summed E-state index contributed by atoms with van der Waals surface area (Å²) in [5.74, 6) is -0.607. The van der Waals surface area contributed by atoms with E-state index in [0.717, 1.165) is 6.07 Å². The molecule has 0 aliphatic carbocycles. The van der Waals surface area contributed by atoms with Crippen molar-refractivity contribution in [1.82, 2.24) is 0 Å². The maximum absolute atomic E-state index is 11.1. The standard InChI is InChI=1S/C9H9NO4/c1-5-7(10(13)14)3-4-8(12)9(5)6(2)11/h3-4,12H,1-2H3.